The van der Waals surface area contributed by atoms with E-state index in [1.165, 1.54) is 0 Å². The molecule has 0 radical (unpaired) electrons. The SMILES string of the molecule is CC(C)(C)OC(=O)N1CCOC(C(=O)N(Cc2ccc3c(Cl)cn(CCCOC4CCCCO4)c3c2)C2CC2)C1. The van der Waals surface area contributed by atoms with Crippen LogP contribution in [0.5, 0.6) is 0 Å². The van der Waals surface area contributed by atoms with Crippen molar-refractivity contribution in [1.29, 1.82) is 0 Å². The van der Waals surface area contributed by atoms with Crippen molar-refractivity contribution in [3.8, 4) is 0 Å². The molecule has 0 N–H and O–H groups in total. The van der Waals surface area contributed by atoms with Gasteiger partial charge in [-0.05, 0) is 70.9 Å². The summed E-state index contributed by atoms with van der Waals surface area (Å²) >= 11 is 6.57. The lowest BCUT2D eigenvalue weighted by molar-refractivity contribution is -0.163. The molecule has 3 heterocycles. The maximum atomic E-state index is 13.6. The van der Waals surface area contributed by atoms with Crippen LogP contribution >= 0.6 is 11.6 Å². The number of carbonyl (C=O) groups is 2. The van der Waals surface area contributed by atoms with Crippen molar-refractivity contribution in [3.05, 3.63) is 35.0 Å². The Hall–Kier alpha value is -2.33. The first-order valence-electron chi connectivity index (χ1n) is 14.6. The maximum absolute atomic E-state index is 13.6. The number of aryl methyl sites for hydroxylation is 1. The molecule has 10 heteroatoms. The Labute approximate surface area is 241 Å². The third-order valence-corrected chi connectivity index (χ3v) is 7.80. The first kappa shape index (κ1) is 29.2. The fourth-order valence-electron chi connectivity index (χ4n) is 5.31. The molecule has 9 nitrogen and oxygen atoms in total. The van der Waals surface area contributed by atoms with Crippen LogP contribution < -0.4 is 0 Å². The lowest BCUT2D eigenvalue weighted by atomic mass is 10.1. The van der Waals surface area contributed by atoms with E-state index in [1.807, 2.05) is 44.0 Å². The first-order valence-corrected chi connectivity index (χ1v) is 15.0. The van der Waals surface area contributed by atoms with Gasteiger partial charge in [-0.15, -0.1) is 0 Å². The molecule has 2 amide bonds. The lowest BCUT2D eigenvalue weighted by Crippen LogP contribution is -2.53. The Morgan fingerprint density at radius 3 is 2.67 bits per heavy atom. The Morgan fingerprint density at radius 2 is 1.95 bits per heavy atom. The number of morpholine rings is 1. The van der Waals surface area contributed by atoms with E-state index < -0.39 is 17.8 Å². The van der Waals surface area contributed by atoms with Gasteiger partial charge < -0.3 is 33.3 Å². The highest BCUT2D eigenvalue weighted by atomic mass is 35.5. The van der Waals surface area contributed by atoms with Gasteiger partial charge in [-0.1, -0.05) is 23.7 Å². The summed E-state index contributed by atoms with van der Waals surface area (Å²) in [7, 11) is 0. The average Bonchev–Trinajstić information content (AvgIpc) is 3.73. The van der Waals surface area contributed by atoms with E-state index in [1.54, 1.807) is 4.90 Å². The van der Waals surface area contributed by atoms with Gasteiger partial charge in [0.05, 0.1) is 24.8 Å². The minimum Gasteiger partial charge on any atom is -0.444 e. The van der Waals surface area contributed by atoms with Crippen molar-refractivity contribution in [3.63, 3.8) is 0 Å². The van der Waals surface area contributed by atoms with Crippen molar-refractivity contribution < 1.29 is 28.5 Å². The fourth-order valence-corrected chi connectivity index (χ4v) is 5.59. The third-order valence-electron chi connectivity index (χ3n) is 7.50. The van der Waals surface area contributed by atoms with Crippen LogP contribution in [0.3, 0.4) is 0 Å². The fraction of sp³-hybridized carbons (Fsp3) is 0.667. The van der Waals surface area contributed by atoms with Crippen LogP contribution in [0.15, 0.2) is 24.4 Å². The summed E-state index contributed by atoms with van der Waals surface area (Å²) in [5, 5.41) is 1.71. The predicted molar refractivity (Wildman–Crippen MR) is 152 cm³/mol. The van der Waals surface area contributed by atoms with Crippen LogP contribution in [-0.2, 0) is 36.8 Å². The number of rotatable bonds is 9. The zero-order valence-electron chi connectivity index (χ0n) is 23.9. The number of fused-ring (bicyclic) bond motifs is 1. The van der Waals surface area contributed by atoms with Crippen LogP contribution in [0.2, 0.25) is 5.02 Å². The molecule has 1 aliphatic carbocycles. The number of hydrogen-bond donors (Lipinski definition) is 0. The molecule has 2 aromatic rings. The third kappa shape index (κ3) is 7.49. The van der Waals surface area contributed by atoms with Crippen LogP contribution in [-0.4, -0.2) is 83.3 Å². The van der Waals surface area contributed by atoms with Crippen molar-refractivity contribution in [1.82, 2.24) is 14.4 Å². The molecule has 2 atom stereocenters. The molecule has 2 unspecified atom stereocenters. The Kier molecular flexibility index (Phi) is 9.24. The topological polar surface area (TPSA) is 82.5 Å². The normalized spacial score (nSPS) is 21.9. The highest BCUT2D eigenvalue weighted by molar-refractivity contribution is 6.35. The maximum Gasteiger partial charge on any atom is 0.410 e. The Balaban J connectivity index is 1.23. The minimum atomic E-state index is -0.697. The molecule has 3 fully saturated rings. The van der Waals surface area contributed by atoms with Crippen molar-refractivity contribution in [2.45, 2.75) is 96.4 Å². The Bertz CT molecular complexity index is 1180. The average molecular weight is 576 g/mol. The van der Waals surface area contributed by atoms with E-state index in [0.29, 0.717) is 31.3 Å². The van der Waals surface area contributed by atoms with Gasteiger partial charge in [-0.3, -0.25) is 4.79 Å². The highest BCUT2D eigenvalue weighted by Gasteiger charge is 2.39. The smallest absolute Gasteiger partial charge is 0.410 e. The number of nitrogens with zero attached hydrogens (tertiary/aromatic N) is 3. The second-order valence-corrected chi connectivity index (χ2v) is 12.4. The van der Waals surface area contributed by atoms with Crippen LogP contribution in [0.25, 0.3) is 10.9 Å². The number of carbonyl (C=O) groups excluding carboxylic acids is 2. The summed E-state index contributed by atoms with van der Waals surface area (Å²) in [6, 6.07) is 6.40. The molecular weight excluding hydrogens is 534 g/mol. The van der Waals surface area contributed by atoms with Gasteiger partial charge in [0.25, 0.3) is 5.91 Å². The molecule has 5 rings (SSSR count). The largest absolute Gasteiger partial charge is 0.444 e. The van der Waals surface area contributed by atoms with Crippen LogP contribution in [0.4, 0.5) is 4.79 Å². The van der Waals surface area contributed by atoms with Crippen LogP contribution in [0.1, 0.15) is 64.9 Å². The minimum absolute atomic E-state index is 0.0775. The summed E-state index contributed by atoms with van der Waals surface area (Å²) in [5.41, 5.74) is 1.49. The first-order chi connectivity index (χ1) is 19.2. The van der Waals surface area contributed by atoms with E-state index in [9.17, 15) is 9.59 Å². The number of ether oxygens (including phenoxy) is 4. The molecule has 1 saturated carbocycles. The molecule has 2 saturated heterocycles. The van der Waals surface area contributed by atoms with E-state index in [4.69, 9.17) is 30.5 Å². The molecule has 3 aliphatic rings. The quantitative estimate of drug-likeness (QED) is 0.375. The van der Waals surface area contributed by atoms with E-state index in [2.05, 4.69) is 10.6 Å². The monoisotopic (exact) mass is 575 g/mol. The summed E-state index contributed by atoms with van der Waals surface area (Å²) in [6.07, 6.45) is 6.81. The van der Waals surface area contributed by atoms with Crippen molar-refractivity contribution in [2.24, 2.45) is 0 Å². The molecule has 1 aromatic carbocycles. The lowest BCUT2D eigenvalue weighted by Gasteiger charge is -2.36. The number of aromatic nitrogens is 1. The summed E-state index contributed by atoms with van der Waals surface area (Å²) in [4.78, 5) is 29.8. The van der Waals surface area contributed by atoms with Gasteiger partial charge in [-0.25, -0.2) is 4.79 Å². The van der Waals surface area contributed by atoms with Gasteiger partial charge >= 0.3 is 6.09 Å². The number of hydrogen-bond acceptors (Lipinski definition) is 6. The van der Waals surface area contributed by atoms with Crippen LogP contribution in [0, 0.1) is 0 Å². The highest BCUT2D eigenvalue weighted by Crippen LogP contribution is 2.32. The van der Waals surface area contributed by atoms with E-state index in [0.717, 1.165) is 68.1 Å². The molecule has 0 bridgehead atoms. The van der Waals surface area contributed by atoms with Crippen molar-refractivity contribution >= 4 is 34.5 Å². The molecule has 220 valence electrons. The van der Waals surface area contributed by atoms with Crippen molar-refractivity contribution in [2.75, 3.05) is 32.9 Å². The van der Waals surface area contributed by atoms with Gasteiger partial charge in [0.15, 0.2) is 12.4 Å². The van der Waals surface area contributed by atoms with Gasteiger partial charge in [-0.2, -0.15) is 0 Å². The molecule has 0 spiro atoms. The molecule has 2 aliphatic heterocycles. The summed E-state index contributed by atoms with van der Waals surface area (Å²) < 4.78 is 25.1. The van der Waals surface area contributed by atoms with E-state index >= 15 is 0 Å². The Morgan fingerprint density at radius 1 is 1.12 bits per heavy atom. The molecular formula is C30H42ClN3O6. The second kappa shape index (κ2) is 12.7. The van der Waals surface area contributed by atoms with Gasteiger partial charge in [0, 0.05) is 49.4 Å². The predicted octanol–water partition coefficient (Wildman–Crippen LogP) is 5.35. The number of amides is 2. The summed E-state index contributed by atoms with van der Waals surface area (Å²) in [5.74, 6) is -0.0775. The van der Waals surface area contributed by atoms with Gasteiger partial charge in [0.2, 0.25) is 0 Å². The molecule has 40 heavy (non-hydrogen) atoms. The van der Waals surface area contributed by atoms with Gasteiger partial charge in [0.1, 0.15) is 5.60 Å². The van der Waals surface area contributed by atoms with E-state index in [-0.39, 0.29) is 24.8 Å². The zero-order chi connectivity index (χ0) is 28.3. The number of benzene rings is 1. The second-order valence-electron chi connectivity index (χ2n) is 12.0. The summed E-state index contributed by atoms with van der Waals surface area (Å²) in [6.45, 7) is 9.10. The molecule has 1 aromatic heterocycles. The zero-order valence-corrected chi connectivity index (χ0v) is 24.7. The standard InChI is InChI=1S/C30H42ClN3O6/c1-30(2,3)40-29(36)33-13-16-37-26(20-33)28(35)34(22-9-10-22)18-21-8-11-23-24(31)19-32(25(23)17-21)12-6-15-39-27-7-4-5-14-38-27/h8,11,17,19,22,26-27H,4-7,9-10,12-16,18,20H2,1-3H3. The number of halogens is 1.